The molecule has 7 heteroatoms. The molecule has 0 aliphatic carbocycles. The number of aliphatic carboxylic acids is 1. The summed E-state index contributed by atoms with van der Waals surface area (Å²) in [6, 6.07) is -0.398. The Morgan fingerprint density at radius 2 is 1.74 bits per heavy atom. The number of carbonyl (C=O) groups excluding carboxylic acids is 1. The molecule has 0 unspecified atom stereocenters. The summed E-state index contributed by atoms with van der Waals surface area (Å²) in [5.41, 5.74) is 0. The van der Waals surface area contributed by atoms with Crippen LogP contribution in [0.1, 0.15) is 26.7 Å². The largest absolute Gasteiger partial charge is 0.479 e. The summed E-state index contributed by atoms with van der Waals surface area (Å²) in [6.07, 6.45) is -0.480. The maximum absolute atomic E-state index is 11.2. The molecule has 2 amide bonds. The third-order valence-electron chi connectivity index (χ3n) is 2.36. The minimum atomic E-state index is -1.44. The molecule has 0 bridgehead atoms. The monoisotopic (exact) mass is 276 g/mol. The first-order chi connectivity index (χ1) is 8.93. The molecule has 0 saturated carbocycles. The Morgan fingerprint density at radius 3 is 2.32 bits per heavy atom. The molecule has 0 saturated heterocycles. The lowest BCUT2D eigenvalue weighted by Gasteiger charge is -2.09. The van der Waals surface area contributed by atoms with Crippen molar-refractivity contribution in [1.82, 2.24) is 10.6 Å². The van der Waals surface area contributed by atoms with Gasteiger partial charge < -0.3 is 25.6 Å². The molecule has 1 atom stereocenters. The van der Waals surface area contributed by atoms with Crippen LogP contribution in [0.3, 0.4) is 0 Å². The summed E-state index contributed by atoms with van der Waals surface area (Å²) in [6.45, 7) is 5.84. The Balaban J connectivity index is 3.38. The summed E-state index contributed by atoms with van der Waals surface area (Å²) in [5, 5.41) is 22.4. The molecule has 0 aliphatic rings. The van der Waals surface area contributed by atoms with E-state index in [0.717, 1.165) is 6.42 Å². The van der Waals surface area contributed by atoms with Crippen LogP contribution >= 0.6 is 0 Å². The highest BCUT2D eigenvalue weighted by atomic mass is 16.5. The molecule has 4 N–H and O–H groups in total. The van der Waals surface area contributed by atoms with Gasteiger partial charge in [-0.3, -0.25) is 0 Å². The van der Waals surface area contributed by atoms with E-state index in [2.05, 4.69) is 24.5 Å². The number of aliphatic hydroxyl groups is 1. The summed E-state index contributed by atoms with van der Waals surface area (Å²) in [7, 11) is 0. The number of ether oxygens (including phenoxy) is 1. The van der Waals surface area contributed by atoms with Crippen molar-refractivity contribution >= 4 is 12.0 Å². The van der Waals surface area contributed by atoms with E-state index >= 15 is 0 Å². The van der Waals surface area contributed by atoms with Crippen LogP contribution in [0, 0.1) is 5.92 Å². The second-order valence-electron chi connectivity index (χ2n) is 4.62. The van der Waals surface area contributed by atoms with E-state index in [0.29, 0.717) is 25.7 Å². The number of hydrogen-bond donors (Lipinski definition) is 4. The molecule has 0 heterocycles. The first-order valence-electron chi connectivity index (χ1n) is 6.43. The highest BCUT2D eigenvalue weighted by Crippen LogP contribution is 1.98. The molecular weight excluding hydrogens is 252 g/mol. The van der Waals surface area contributed by atoms with E-state index in [1.54, 1.807) is 0 Å². The van der Waals surface area contributed by atoms with Crippen LogP contribution in [-0.4, -0.2) is 54.6 Å². The summed E-state index contributed by atoms with van der Waals surface area (Å²) >= 11 is 0. The van der Waals surface area contributed by atoms with Gasteiger partial charge in [-0.05, 0) is 12.3 Å². The SMILES string of the molecule is CC(C)CCOCCNC(=O)NCC[C@H](O)C(=O)O. The molecule has 0 aromatic carbocycles. The van der Waals surface area contributed by atoms with E-state index < -0.39 is 18.1 Å². The Labute approximate surface area is 113 Å². The Morgan fingerprint density at radius 1 is 1.11 bits per heavy atom. The highest BCUT2D eigenvalue weighted by Gasteiger charge is 2.12. The summed E-state index contributed by atoms with van der Waals surface area (Å²) in [4.78, 5) is 21.5. The number of carbonyl (C=O) groups is 2. The third-order valence-corrected chi connectivity index (χ3v) is 2.36. The lowest BCUT2D eigenvalue weighted by Crippen LogP contribution is -2.39. The molecule has 7 nitrogen and oxygen atoms in total. The second kappa shape index (κ2) is 10.6. The zero-order valence-corrected chi connectivity index (χ0v) is 11.5. The topological polar surface area (TPSA) is 108 Å². The van der Waals surface area contributed by atoms with Crippen LogP contribution in [0.4, 0.5) is 4.79 Å². The van der Waals surface area contributed by atoms with Gasteiger partial charge in [0, 0.05) is 26.1 Å². The Bertz CT molecular complexity index is 271. The molecule has 0 aliphatic heterocycles. The summed E-state index contributed by atoms with van der Waals surface area (Å²) < 4.78 is 5.31. The van der Waals surface area contributed by atoms with Crippen molar-refractivity contribution < 1.29 is 24.5 Å². The van der Waals surface area contributed by atoms with Gasteiger partial charge in [0.05, 0.1) is 6.61 Å². The van der Waals surface area contributed by atoms with Gasteiger partial charge in [-0.2, -0.15) is 0 Å². The number of carboxylic acids is 1. The number of urea groups is 1. The van der Waals surface area contributed by atoms with E-state index in [1.165, 1.54) is 0 Å². The van der Waals surface area contributed by atoms with Crippen LogP contribution < -0.4 is 10.6 Å². The van der Waals surface area contributed by atoms with Gasteiger partial charge >= 0.3 is 12.0 Å². The zero-order chi connectivity index (χ0) is 14.7. The van der Waals surface area contributed by atoms with Crippen molar-refractivity contribution in [3.63, 3.8) is 0 Å². The molecule has 0 spiro atoms. The predicted molar refractivity (Wildman–Crippen MR) is 69.9 cm³/mol. The van der Waals surface area contributed by atoms with Gasteiger partial charge in [-0.1, -0.05) is 13.8 Å². The molecule has 0 fully saturated rings. The van der Waals surface area contributed by atoms with Crippen molar-refractivity contribution in [1.29, 1.82) is 0 Å². The summed E-state index contributed by atoms with van der Waals surface area (Å²) in [5.74, 6) is -0.697. The first-order valence-corrected chi connectivity index (χ1v) is 6.43. The standard InChI is InChI=1S/C12H24N2O5/c1-9(2)4-7-19-8-6-14-12(18)13-5-3-10(15)11(16)17/h9-10,15H,3-8H2,1-2H3,(H,16,17)(H2,13,14,18)/t10-/m0/s1. The van der Waals surface area contributed by atoms with Crippen molar-refractivity contribution in [3.05, 3.63) is 0 Å². The fraction of sp³-hybridized carbons (Fsp3) is 0.833. The smallest absolute Gasteiger partial charge is 0.332 e. The average Bonchev–Trinajstić information content (AvgIpc) is 2.32. The van der Waals surface area contributed by atoms with Crippen LogP contribution in [0.5, 0.6) is 0 Å². The third kappa shape index (κ3) is 11.5. The van der Waals surface area contributed by atoms with Crippen molar-refractivity contribution in [3.8, 4) is 0 Å². The van der Waals surface area contributed by atoms with Gasteiger partial charge in [0.1, 0.15) is 0 Å². The van der Waals surface area contributed by atoms with E-state index in [4.69, 9.17) is 14.9 Å². The van der Waals surface area contributed by atoms with E-state index in [-0.39, 0.29) is 13.0 Å². The van der Waals surface area contributed by atoms with Crippen molar-refractivity contribution in [2.45, 2.75) is 32.8 Å². The van der Waals surface area contributed by atoms with Crippen molar-refractivity contribution in [2.24, 2.45) is 5.92 Å². The minimum absolute atomic E-state index is 0.0202. The number of nitrogens with one attached hydrogen (secondary N) is 2. The molecular formula is C12H24N2O5. The molecule has 0 rings (SSSR count). The predicted octanol–water partition coefficient (Wildman–Crippen LogP) is 0.184. The highest BCUT2D eigenvalue weighted by molar-refractivity contribution is 5.74. The van der Waals surface area contributed by atoms with Crippen molar-refractivity contribution in [2.75, 3.05) is 26.3 Å². The number of rotatable bonds is 10. The number of aliphatic hydroxyl groups excluding tert-OH is 1. The maximum Gasteiger partial charge on any atom is 0.332 e. The van der Waals surface area contributed by atoms with Gasteiger partial charge in [-0.25, -0.2) is 9.59 Å². The normalized spacial score (nSPS) is 12.2. The van der Waals surface area contributed by atoms with Gasteiger partial charge in [0.25, 0.3) is 0 Å². The lowest BCUT2D eigenvalue weighted by molar-refractivity contribution is -0.146. The quantitative estimate of drug-likeness (QED) is 0.426. The lowest BCUT2D eigenvalue weighted by atomic mass is 10.1. The fourth-order valence-electron chi connectivity index (χ4n) is 1.17. The Kier molecular flexibility index (Phi) is 9.82. The van der Waals surface area contributed by atoms with Crippen LogP contribution in [-0.2, 0) is 9.53 Å². The number of amides is 2. The first kappa shape index (κ1) is 17.7. The minimum Gasteiger partial charge on any atom is -0.479 e. The maximum atomic E-state index is 11.2. The average molecular weight is 276 g/mol. The van der Waals surface area contributed by atoms with Gasteiger partial charge in [-0.15, -0.1) is 0 Å². The van der Waals surface area contributed by atoms with E-state index in [9.17, 15) is 9.59 Å². The molecule has 0 radical (unpaired) electrons. The van der Waals surface area contributed by atoms with Gasteiger partial charge in [0.2, 0.25) is 0 Å². The van der Waals surface area contributed by atoms with E-state index in [1.807, 2.05) is 0 Å². The fourth-order valence-corrected chi connectivity index (χ4v) is 1.17. The number of carboxylic acid groups (broad SMARTS) is 1. The Hall–Kier alpha value is -1.34. The van der Waals surface area contributed by atoms with Crippen LogP contribution in [0.25, 0.3) is 0 Å². The number of hydrogen-bond acceptors (Lipinski definition) is 4. The van der Waals surface area contributed by atoms with Gasteiger partial charge in [0.15, 0.2) is 6.10 Å². The molecule has 112 valence electrons. The molecule has 19 heavy (non-hydrogen) atoms. The van der Waals surface area contributed by atoms with Crippen LogP contribution in [0.15, 0.2) is 0 Å². The molecule has 0 aromatic heterocycles. The zero-order valence-electron chi connectivity index (χ0n) is 11.5. The van der Waals surface area contributed by atoms with Crippen LogP contribution in [0.2, 0.25) is 0 Å². The molecule has 0 aromatic rings. The second-order valence-corrected chi connectivity index (χ2v) is 4.62.